The molecule has 0 saturated heterocycles. The minimum absolute atomic E-state index is 0.277. The van der Waals surface area contributed by atoms with E-state index in [4.69, 9.17) is 5.73 Å². The zero-order valence-corrected chi connectivity index (χ0v) is 6.96. The lowest BCUT2D eigenvalue weighted by atomic mass is 9.89. The van der Waals surface area contributed by atoms with E-state index in [0.29, 0.717) is 5.75 Å². The van der Waals surface area contributed by atoms with Gasteiger partial charge in [0.1, 0.15) is 5.75 Å². The van der Waals surface area contributed by atoms with Crippen molar-refractivity contribution in [1.82, 2.24) is 0 Å². The Morgan fingerprint density at radius 2 is 2.17 bits per heavy atom. The first-order chi connectivity index (χ1) is 5.75. The molecular weight excluding hydrogens is 150 g/mol. The Hall–Kier alpha value is -1.02. The maximum atomic E-state index is 9.23. The number of rotatable bonds is 0. The summed E-state index contributed by atoms with van der Waals surface area (Å²) in [5, 5.41) is 9.23. The van der Waals surface area contributed by atoms with Gasteiger partial charge in [0, 0.05) is 6.04 Å². The Labute approximate surface area is 72.0 Å². The molecule has 0 aromatic heterocycles. The van der Waals surface area contributed by atoms with E-state index in [1.54, 1.807) is 6.07 Å². The number of hydrogen-bond acceptors (Lipinski definition) is 2. The summed E-state index contributed by atoms with van der Waals surface area (Å²) in [6, 6.07) is 5.85. The average molecular weight is 163 g/mol. The third kappa shape index (κ3) is 1.30. The third-order valence-electron chi connectivity index (χ3n) is 2.46. The maximum Gasteiger partial charge on any atom is 0.115 e. The van der Waals surface area contributed by atoms with Gasteiger partial charge in [0.15, 0.2) is 0 Å². The van der Waals surface area contributed by atoms with E-state index in [-0.39, 0.29) is 6.04 Å². The highest BCUT2D eigenvalue weighted by atomic mass is 16.3. The van der Waals surface area contributed by atoms with E-state index >= 15 is 0 Å². The quantitative estimate of drug-likeness (QED) is 0.604. The number of benzene rings is 1. The molecule has 0 amide bonds. The highest BCUT2D eigenvalue weighted by Gasteiger charge is 2.14. The third-order valence-corrected chi connectivity index (χ3v) is 2.46. The minimum atomic E-state index is 0.277. The molecule has 0 fully saturated rings. The zero-order chi connectivity index (χ0) is 8.55. The molecule has 1 atom stereocenters. The van der Waals surface area contributed by atoms with Crippen molar-refractivity contribution in [3.63, 3.8) is 0 Å². The van der Waals surface area contributed by atoms with Crippen LogP contribution in [0.15, 0.2) is 18.2 Å². The smallest absolute Gasteiger partial charge is 0.115 e. The Balaban J connectivity index is 2.37. The molecule has 0 radical (unpaired) electrons. The van der Waals surface area contributed by atoms with E-state index in [9.17, 15) is 5.11 Å². The molecule has 2 heteroatoms. The number of phenols is 1. The second-order valence-electron chi connectivity index (χ2n) is 3.46. The van der Waals surface area contributed by atoms with Crippen LogP contribution in [-0.4, -0.2) is 11.1 Å². The first kappa shape index (κ1) is 7.62. The summed E-state index contributed by atoms with van der Waals surface area (Å²) in [5.74, 6) is 0.350. The predicted molar refractivity (Wildman–Crippen MR) is 48.1 cm³/mol. The van der Waals surface area contributed by atoms with Gasteiger partial charge in [-0.1, -0.05) is 6.07 Å². The molecule has 1 aliphatic carbocycles. The van der Waals surface area contributed by atoms with E-state index in [1.807, 2.05) is 12.1 Å². The number of nitrogens with two attached hydrogens (primary N) is 1. The number of aromatic hydroxyl groups is 1. The summed E-state index contributed by atoms with van der Waals surface area (Å²) >= 11 is 0. The van der Waals surface area contributed by atoms with Crippen molar-refractivity contribution < 1.29 is 5.11 Å². The molecule has 64 valence electrons. The van der Waals surface area contributed by atoms with E-state index < -0.39 is 0 Å². The van der Waals surface area contributed by atoms with Gasteiger partial charge < -0.3 is 10.8 Å². The molecule has 12 heavy (non-hydrogen) atoms. The van der Waals surface area contributed by atoms with Crippen LogP contribution in [0.3, 0.4) is 0 Å². The number of fused-ring (bicyclic) bond motifs is 1. The number of aryl methyl sites for hydroxylation is 1. The molecule has 1 aromatic carbocycles. The molecule has 0 unspecified atom stereocenters. The Bertz CT molecular complexity index is 296. The van der Waals surface area contributed by atoms with Crippen LogP contribution < -0.4 is 5.73 Å². The molecular formula is C10H13NO. The van der Waals surface area contributed by atoms with Gasteiger partial charge in [-0.25, -0.2) is 0 Å². The average Bonchev–Trinajstić information content (AvgIpc) is 2.03. The molecule has 2 nitrogen and oxygen atoms in total. The van der Waals surface area contributed by atoms with Crippen molar-refractivity contribution in [3.8, 4) is 5.75 Å². The van der Waals surface area contributed by atoms with Crippen LogP contribution in [-0.2, 0) is 12.8 Å². The number of phenolic OH excluding ortho intramolecular Hbond substituents is 1. The van der Waals surface area contributed by atoms with Crippen molar-refractivity contribution in [2.24, 2.45) is 5.73 Å². The van der Waals surface area contributed by atoms with E-state index in [1.165, 1.54) is 11.1 Å². The van der Waals surface area contributed by atoms with Crippen molar-refractivity contribution in [1.29, 1.82) is 0 Å². The van der Waals surface area contributed by atoms with Gasteiger partial charge in [0.2, 0.25) is 0 Å². The fraction of sp³-hybridized carbons (Fsp3) is 0.400. The Morgan fingerprint density at radius 3 is 3.00 bits per heavy atom. The Morgan fingerprint density at radius 1 is 1.33 bits per heavy atom. The highest BCUT2D eigenvalue weighted by Crippen LogP contribution is 2.23. The van der Waals surface area contributed by atoms with Crippen LogP contribution in [0.1, 0.15) is 17.5 Å². The molecule has 0 heterocycles. The standard InChI is InChI=1S/C10H13NO/c11-9-3-1-7-2-4-10(12)6-8(7)5-9/h2,4,6,9,12H,1,3,5,11H2/t9-/m0/s1. The van der Waals surface area contributed by atoms with Crippen LogP contribution in [0.5, 0.6) is 5.75 Å². The molecule has 1 aromatic rings. The molecule has 0 saturated carbocycles. The van der Waals surface area contributed by atoms with Crippen molar-refractivity contribution in [2.45, 2.75) is 25.3 Å². The van der Waals surface area contributed by atoms with Gasteiger partial charge in [0.05, 0.1) is 0 Å². The summed E-state index contributed by atoms with van der Waals surface area (Å²) in [4.78, 5) is 0. The van der Waals surface area contributed by atoms with Crippen LogP contribution in [0.4, 0.5) is 0 Å². The number of hydrogen-bond donors (Lipinski definition) is 2. The predicted octanol–water partition coefficient (Wildman–Crippen LogP) is 1.21. The normalized spacial score (nSPS) is 21.9. The first-order valence-electron chi connectivity index (χ1n) is 4.32. The van der Waals surface area contributed by atoms with Crippen LogP contribution in [0.2, 0.25) is 0 Å². The lowest BCUT2D eigenvalue weighted by Gasteiger charge is -2.21. The first-order valence-corrected chi connectivity index (χ1v) is 4.32. The van der Waals surface area contributed by atoms with Crippen molar-refractivity contribution in [2.75, 3.05) is 0 Å². The second-order valence-corrected chi connectivity index (χ2v) is 3.46. The zero-order valence-electron chi connectivity index (χ0n) is 6.96. The maximum absolute atomic E-state index is 9.23. The largest absolute Gasteiger partial charge is 0.508 e. The minimum Gasteiger partial charge on any atom is -0.508 e. The fourth-order valence-corrected chi connectivity index (χ4v) is 1.77. The topological polar surface area (TPSA) is 46.2 Å². The molecule has 3 N–H and O–H groups in total. The van der Waals surface area contributed by atoms with Gasteiger partial charge >= 0.3 is 0 Å². The highest BCUT2D eigenvalue weighted by molar-refractivity contribution is 5.37. The molecule has 1 aliphatic rings. The lowest BCUT2D eigenvalue weighted by molar-refractivity contribution is 0.472. The van der Waals surface area contributed by atoms with Gasteiger partial charge in [-0.2, -0.15) is 0 Å². The van der Waals surface area contributed by atoms with E-state index in [2.05, 4.69) is 0 Å². The monoisotopic (exact) mass is 163 g/mol. The molecule has 2 rings (SSSR count). The van der Waals surface area contributed by atoms with Crippen LogP contribution in [0.25, 0.3) is 0 Å². The lowest BCUT2D eigenvalue weighted by Crippen LogP contribution is -2.27. The fourth-order valence-electron chi connectivity index (χ4n) is 1.77. The van der Waals surface area contributed by atoms with Crippen molar-refractivity contribution >= 4 is 0 Å². The second kappa shape index (κ2) is 2.79. The summed E-state index contributed by atoms with van der Waals surface area (Å²) in [5.41, 5.74) is 8.38. The van der Waals surface area contributed by atoms with Gasteiger partial charge in [-0.15, -0.1) is 0 Å². The van der Waals surface area contributed by atoms with Crippen LogP contribution >= 0.6 is 0 Å². The summed E-state index contributed by atoms with van der Waals surface area (Å²) in [6.07, 6.45) is 3.03. The SMILES string of the molecule is N[C@H]1CCc2ccc(O)cc2C1. The summed E-state index contributed by atoms with van der Waals surface area (Å²) in [6.45, 7) is 0. The summed E-state index contributed by atoms with van der Waals surface area (Å²) in [7, 11) is 0. The van der Waals surface area contributed by atoms with Gasteiger partial charge in [-0.3, -0.25) is 0 Å². The van der Waals surface area contributed by atoms with Gasteiger partial charge in [-0.05, 0) is 42.5 Å². The summed E-state index contributed by atoms with van der Waals surface area (Å²) < 4.78 is 0. The molecule has 0 bridgehead atoms. The van der Waals surface area contributed by atoms with E-state index in [0.717, 1.165) is 19.3 Å². The molecule has 0 spiro atoms. The molecule has 0 aliphatic heterocycles. The Kier molecular flexibility index (Phi) is 1.77. The van der Waals surface area contributed by atoms with Crippen LogP contribution in [0, 0.1) is 0 Å². The van der Waals surface area contributed by atoms with Crippen molar-refractivity contribution in [3.05, 3.63) is 29.3 Å². The van der Waals surface area contributed by atoms with Gasteiger partial charge in [0.25, 0.3) is 0 Å².